The third-order valence-electron chi connectivity index (χ3n) is 3.03. The Morgan fingerprint density at radius 1 is 1.27 bits per heavy atom. The van der Waals surface area contributed by atoms with E-state index in [4.69, 9.17) is 4.74 Å². The quantitative estimate of drug-likeness (QED) is 0.524. The van der Waals surface area contributed by atoms with Crippen LogP contribution in [0.15, 0.2) is 0 Å². The molecule has 2 atom stereocenters. The van der Waals surface area contributed by atoms with Crippen LogP contribution in [0.3, 0.4) is 0 Å². The third kappa shape index (κ3) is 1.44. The van der Waals surface area contributed by atoms with E-state index in [1.54, 1.807) is 0 Å². The standard InChI is InChI=1S/C8H14O.C2H6/c1-7-3-5-8(7)4-2-6-9-8;1-2/h7H,2-6H2,1H3;1-2H3. The molecule has 2 rings (SSSR count). The molecule has 2 unspecified atom stereocenters. The van der Waals surface area contributed by atoms with Gasteiger partial charge in [0.15, 0.2) is 0 Å². The van der Waals surface area contributed by atoms with Crippen molar-refractivity contribution in [3.05, 3.63) is 0 Å². The van der Waals surface area contributed by atoms with Crippen LogP contribution in [0, 0.1) is 5.92 Å². The molecular formula is C10H20O. The third-order valence-corrected chi connectivity index (χ3v) is 3.03. The first-order valence-corrected chi connectivity index (χ1v) is 4.97. The minimum atomic E-state index is 0.375. The molecule has 2 aliphatic rings. The van der Waals surface area contributed by atoms with Gasteiger partial charge in [0.25, 0.3) is 0 Å². The zero-order valence-corrected chi connectivity index (χ0v) is 8.02. The molecule has 1 aliphatic heterocycles. The van der Waals surface area contributed by atoms with Crippen LogP contribution in [0.25, 0.3) is 0 Å². The summed E-state index contributed by atoms with van der Waals surface area (Å²) >= 11 is 0. The van der Waals surface area contributed by atoms with Gasteiger partial charge in [0.1, 0.15) is 0 Å². The minimum absolute atomic E-state index is 0.375. The van der Waals surface area contributed by atoms with Gasteiger partial charge in [-0.1, -0.05) is 20.8 Å². The molecule has 0 radical (unpaired) electrons. The Balaban J connectivity index is 0.000000281. The number of hydrogen-bond donors (Lipinski definition) is 0. The summed E-state index contributed by atoms with van der Waals surface area (Å²) in [6.07, 6.45) is 5.34. The van der Waals surface area contributed by atoms with Crippen molar-refractivity contribution in [2.45, 2.75) is 52.1 Å². The molecule has 0 aromatic carbocycles. The largest absolute Gasteiger partial charge is 0.375 e. The SMILES string of the molecule is CC.CC1CCC12CCCO2. The molecule has 0 amide bonds. The maximum atomic E-state index is 5.69. The van der Waals surface area contributed by atoms with Gasteiger partial charge in [-0.2, -0.15) is 0 Å². The summed E-state index contributed by atoms with van der Waals surface area (Å²) in [5.41, 5.74) is 0.375. The fourth-order valence-electron chi connectivity index (χ4n) is 2.06. The van der Waals surface area contributed by atoms with Gasteiger partial charge in [-0.05, 0) is 31.6 Å². The first-order chi connectivity index (χ1) is 5.33. The highest BCUT2D eigenvalue weighted by Gasteiger charge is 2.46. The van der Waals surface area contributed by atoms with E-state index < -0.39 is 0 Å². The second-order valence-electron chi connectivity index (χ2n) is 3.46. The van der Waals surface area contributed by atoms with Crippen LogP contribution in [0.2, 0.25) is 0 Å². The fraction of sp³-hybridized carbons (Fsp3) is 1.00. The second-order valence-corrected chi connectivity index (χ2v) is 3.46. The van der Waals surface area contributed by atoms with E-state index in [1.807, 2.05) is 13.8 Å². The lowest BCUT2D eigenvalue weighted by Gasteiger charge is -2.44. The summed E-state index contributed by atoms with van der Waals surface area (Å²) < 4.78 is 5.69. The van der Waals surface area contributed by atoms with E-state index in [0.717, 1.165) is 12.5 Å². The van der Waals surface area contributed by atoms with Crippen molar-refractivity contribution in [1.82, 2.24) is 0 Å². The molecule has 1 saturated heterocycles. The van der Waals surface area contributed by atoms with Gasteiger partial charge in [0.05, 0.1) is 5.60 Å². The minimum Gasteiger partial charge on any atom is -0.375 e. The molecule has 2 fully saturated rings. The van der Waals surface area contributed by atoms with Crippen molar-refractivity contribution >= 4 is 0 Å². The monoisotopic (exact) mass is 156 g/mol. The van der Waals surface area contributed by atoms with Crippen LogP contribution in [0.5, 0.6) is 0 Å². The molecule has 0 N–H and O–H groups in total. The highest BCUT2D eigenvalue weighted by atomic mass is 16.5. The molecule has 0 bridgehead atoms. The predicted octanol–water partition coefficient (Wildman–Crippen LogP) is 2.99. The van der Waals surface area contributed by atoms with Crippen molar-refractivity contribution < 1.29 is 4.74 Å². The van der Waals surface area contributed by atoms with Gasteiger partial charge in [0, 0.05) is 6.61 Å². The van der Waals surface area contributed by atoms with Gasteiger partial charge < -0.3 is 4.74 Å². The maximum absolute atomic E-state index is 5.69. The zero-order valence-electron chi connectivity index (χ0n) is 8.02. The Kier molecular flexibility index (Phi) is 2.94. The zero-order chi connectivity index (χ0) is 8.32. The van der Waals surface area contributed by atoms with Crippen LogP contribution in [-0.2, 0) is 4.74 Å². The van der Waals surface area contributed by atoms with Crippen LogP contribution in [0.4, 0.5) is 0 Å². The average molecular weight is 156 g/mol. The van der Waals surface area contributed by atoms with Crippen LogP contribution < -0.4 is 0 Å². The van der Waals surface area contributed by atoms with Gasteiger partial charge in [-0.3, -0.25) is 0 Å². The lowest BCUT2D eigenvalue weighted by atomic mass is 9.69. The molecule has 1 heteroatoms. The Morgan fingerprint density at radius 3 is 2.18 bits per heavy atom. The van der Waals surface area contributed by atoms with Crippen LogP contribution in [-0.4, -0.2) is 12.2 Å². The summed E-state index contributed by atoms with van der Waals surface area (Å²) in [5, 5.41) is 0. The Labute approximate surface area is 70.1 Å². The van der Waals surface area contributed by atoms with E-state index in [1.165, 1.54) is 25.7 Å². The number of ether oxygens (including phenoxy) is 1. The molecule has 0 aromatic heterocycles. The van der Waals surface area contributed by atoms with Crippen molar-refractivity contribution in [3.63, 3.8) is 0 Å². The van der Waals surface area contributed by atoms with Crippen molar-refractivity contribution in [2.24, 2.45) is 5.92 Å². The normalized spacial score (nSPS) is 41.2. The van der Waals surface area contributed by atoms with E-state index >= 15 is 0 Å². The number of hydrogen-bond acceptors (Lipinski definition) is 1. The predicted molar refractivity (Wildman–Crippen MR) is 47.7 cm³/mol. The number of rotatable bonds is 0. The van der Waals surface area contributed by atoms with Gasteiger partial charge in [-0.15, -0.1) is 0 Å². The Bertz CT molecular complexity index is 114. The van der Waals surface area contributed by atoms with Crippen molar-refractivity contribution in [1.29, 1.82) is 0 Å². The van der Waals surface area contributed by atoms with E-state index in [9.17, 15) is 0 Å². The van der Waals surface area contributed by atoms with E-state index in [2.05, 4.69) is 6.92 Å². The lowest BCUT2D eigenvalue weighted by molar-refractivity contribution is -0.102. The van der Waals surface area contributed by atoms with Gasteiger partial charge in [-0.25, -0.2) is 0 Å². The molecule has 1 nitrogen and oxygen atoms in total. The van der Waals surface area contributed by atoms with Crippen molar-refractivity contribution in [3.8, 4) is 0 Å². The topological polar surface area (TPSA) is 9.23 Å². The van der Waals surface area contributed by atoms with Gasteiger partial charge >= 0.3 is 0 Å². The average Bonchev–Trinajstić information content (AvgIpc) is 2.56. The van der Waals surface area contributed by atoms with Crippen LogP contribution in [0.1, 0.15) is 46.5 Å². The molecule has 1 heterocycles. The second kappa shape index (κ2) is 3.57. The van der Waals surface area contributed by atoms with E-state index in [-0.39, 0.29) is 0 Å². The first-order valence-electron chi connectivity index (χ1n) is 4.97. The van der Waals surface area contributed by atoms with Crippen molar-refractivity contribution in [2.75, 3.05) is 6.61 Å². The van der Waals surface area contributed by atoms with E-state index in [0.29, 0.717) is 5.60 Å². The molecule has 1 spiro atoms. The molecular weight excluding hydrogens is 136 g/mol. The molecule has 66 valence electrons. The first kappa shape index (κ1) is 9.05. The fourth-order valence-corrected chi connectivity index (χ4v) is 2.06. The summed E-state index contributed by atoms with van der Waals surface area (Å²) in [4.78, 5) is 0. The smallest absolute Gasteiger partial charge is 0.0708 e. The summed E-state index contributed by atoms with van der Waals surface area (Å²) in [6, 6.07) is 0. The summed E-state index contributed by atoms with van der Waals surface area (Å²) in [6.45, 7) is 7.33. The Morgan fingerprint density at radius 2 is 2.00 bits per heavy atom. The molecule has 11 heavy (non-hydrogen) atoms. The highest BCUT2D eigenvalue weighted by molar-refractivity contribution is 4.97. The van der Waals surface area contributed by atoms with Gasteiger partial charge in [0.2, 0.25) is 0 Å². The van der Waals surface area contributed by atoms with Crippen LogP contribution >= 0.6 is 0 Å². The Hall–Kier alpha value is -0.0400. The molecule has 0 aromatic rings. The molecule has 1 aliphatic carbocycles. The lowest BCUT2D eigenvalue weighted by Crippen LogP contribution is -2.44. The highest BCUT2D eigenvalue weighted by Crippen LogP contribution is 2.47. The summed E-state index contributed by atoms with van der Waals surface area (Å²) in [7, 11) is 0. The summed E-state index contributed by atoms with van der Waals surface area (Å²) in [5.74, 6) is 0.847. The molecule has 1 saturated carbocycles. The maximum Gasteiger partial charge on any atom is 0.0708 e.